The standard InChI is InChI=1S/C16H33N3O3S/c1-5-6-11-23(21,22)19-9-7-14(8-10-19)15(20)18-16(4,12-17)13(2)3/h13-14H,5-12,17H2,1-4H3,(H,18,20). The summed E-state index contributed by atoms with van der Waals surface area (Å²) in [5, 5.41) is 3.07. The summed E-state index contributed by atoms with van der Waals surface area (Å²) in [6.07, 6.45) is 2.71. The van der Waals surface area contributed by atoms with Crippen LogP contribution in [0.5, 0.6) is 0 Å². The Hall–Kier alpha value is -0.660. The number of rotatable bonds is 8. The van der Waals surface area contributed by atoms with E-state index in [2.05, 4.69) is 5.32 Å². The van der Waals surface area contributed by atoms with Crippen LogP contribution in [-0.4, -0.2) is 49.6 Å². The lowest BCUT2D eigenvalue weighted by Crippen LogP contribution is -2.57. The SMILES string of the molecule is CCCCS(=O)(=O)N1CCC(C(=O)NC(C)(CN)C(C)C)CC1. The molecule has 0 spiro atoms. The largest absolute Gasteiger partial charge is 0.349 e. The number of hydrogen-bond acceptors (Lipinski definition) is 4. The Kier molecular flexibility index (Phi) is 7.48. The van der Waals surface area contributed by atoms with Crippen LogP contribution in [0.25, 0.3) is 0 Å². The van der Waals surface area contributed by atoms with E-state index in [4.69, 9.17) is 5.73 Å². The molecule has 0 aromatic heterocycles. The molecular formula is C16H33N3O3S. The summed E-state index contributed by atoms with van der Waals surface area (Å²) < 4.78 is 25.9. The zero-order valence-corrected chi connectivity index (χ0v) is 15.8. The van der Waals surface area contributed by atoms with Crippen LogP contribution < -0.4 is 11.1 Å². The molecule has 0 aromatic carbocycles. The van der Waals surface area contributed by atoms with E-state index in [0.717, 1.165) is 6.42 Å². The minimum absolute atomic E-state index is 0.00254. The van der Waals surface area contributed by atoms with E-state index >= 15 is 0 Å². The van der Waals surface area contributed by atoms with E-state index in [9.17, 15) is 13.2 Å². The number of hydrogen-bond donors (Lipinski definition) is 2. The summed E-state index contributed by atoms with van der Waals surface area (Å²) in [5.41, 5.74) is 5.39. The molecule has 0 radical (unpaired) electrons. The third-order valence-electron chi connectivity index (χ3n) is 5.08. The first-order valence-electron chi connectivity index (χ1n) is 8.66. The normalized spacial score (nSPS) is 20.4. The lowest BCUT2D eigenvalue weighted by Gasteiger charge is -2.37. The van der Waals surface area contributed by atoms with Crippen molar-refractivity contribution in [1.29, 1.82) is 0 Å². The first-order chi connectivity index (χ1) is 10.7. The smallest absolute Gasteiger partial charge is 0.223 e. The van der Waals surface area contributed by atoms with Crippen LogP contribution in [0.4, 0.5) is 0 Å². The number of sulfonamides is 1. The van der Waals surface area contributed by atoms with E-state index in [1.54, 1.807) is 0 Å². The molecule has 136 valence electrons. The van der Waals surface area contributed by atoms with Gasteiger partial charge in [-0.1, -0.05) is 27.2 Å². The van der Waals surface area contributed by atoms with Crippen molar-refractivity contribution in [1.82, 2.24) is 9.62 Å². The van der Waals surface area contributed by atoms with Gasteiger partial charge in [0.1, 0.15) is 0 Å². The van der Waals surface area contributed by atoms with Crippen LogP contribution in [-0.2, 0) is 14.8 Å². The average molecular weight is 348 g/mol. The van der Waals surface area contributed by atoms with Crippen LogP contribution in [0.3, 0.4) is 0 Å². The van der Waals surface area contributed by atoms with Crippen molar-refractivity contribution in [3.05, 3.63) is 0 Å². The van der Waals surface area contributed by atoms with Gasteiger partial charge in [-0.2, -0.15) is 0 Å². The highest BCUT2D eigenvalue weighted by atomic mass is 32.2. The van der Waals surface area contributed by atoms with Crippen LogP contribution >= 0.6 is 0 Å². The molecular weight excluding hydrogens is 314 g/mol. The molecule has 7 heteroatoms. The van der Waals surface area contributed by atoms with Crippen LogP contribution in [0.1, 0.15) is 53.4 Å². The van der Waals surface area contributed by atoms with Gasteiger partial charge < -0.3 is 11.1 Å². The fourth-order valence-electron chi connectivity index (χ4n) is 2.67. The fourth-order valence-corrected chi connectivity index (χ4v) is 4.35. The Morgan fingerprint density at radius 2 is 1.91 bits per heavy atom. The summed E-state index contributed by atoms with van der Waals surface area (Å²) in [6.45, 7) is 9.28. The Labute approximate surface area is 141 Å². The molecule has 1 rings (SSSR count). The van der Waals surface area contributed by atoms with Crippen LogP contribution in [0.2, 0.25) is 0 Å². The summed E-state index contributed by atoms with van der Waals surface area (Å²) in [5.74, 6) is 0.319. The zero-order valence-electron chi connectivity index (χ0n) is 15.0. The molecule has 1 heterocycles. The molecule has 1 amide bonds. The first-order valence-corrected chi connectivity index (χ1v) is 10.3. The molecule has 3 N–H and O–H groups in total. The second-order valence-corrected chi connectivity index (χ2v) is 9.20. The van der Waals surface area contributed by atoms with Gasteiger partial charge in [-0.3, -0.25) is 4.79 Å². The number of nitrogens with zero attached hydrogens (tertiary/aromatic N) is 1. The molecule has 0 aromatic rings. The first kappa shape index (κ1) is 20.4. The van der Waals surface area contributed by atoms with Crippen molar-refractivity contribution >= 4 is 15.9 Å². The van der Waals surface area contributed by atoms with Crippen molar-refractivity contribution in [2.45, 2.75) is 58.9 Å². The Morgan fingerprint density at radius 1 is 1.35 bits per heavy atom. The van der Waals surface area contributed by atoms with E-state index in [-0.39, 0.29) is 23.5 Å². The minimum Gasteiger partial charge on any atom is -0.349 e. The van der Waals surface area contributed by atoms with Crippen LogP contribution in [0, 0.1) is 11.8 Å². The van der Waals surface area contributed by atoms with E-state index in [1.807, 2.05) is 27.7 Å². The van der Waals surface area contributed by atoms with Gasteiger partial charge in [-0.25, -0.2) is 12.7 Å². The van der Waals surface area contributed by atoms with Crippen molar-refractivity contribution in [2.75, 3.05) is 25.4 Å². The predicted octanol–water partition coefficient (Wildman–Crippen LogP) is 1.32. The highest BCUT2D eigenvalue weighted by Gasteiger charge is 2.34. The average Bonchev–Trinajstić information content (AvgIpc) is 2.52. The number of nitrogens with two attached hydrogens (primary N) is 1. The zero-order chi connectivity index (χ0) is 17.7. The summed E-state index contributed by atoms with van der Waals surface area (Å²) in [7, 11) is -3.17. The number of nitrogens with one attached hydrogen (secondary N) is 1. The number of piperidine rings is 1. The third kappa shape index (κ3) is 5.43. The maximum atomic E-state index is 12.5. The van der Waals surface area contributed by atoms with Gasteiger partial charge in [0.2, 0.25) is 15.9 Å². The van der Waals surface area contributed by atoms with Gasteiger partial charge in [0, 0.05) is 25.6 Å². The van der Waals surface area contributed by atoms with Gasteiger partial charge in [-0.15, -0.1) is 0 Å². The van der Waals surface area contributed by atoms with Crippen molar-refractivity contribution in [2.24, 2.45) is 17.6 Å². The molecule has 0 bridgehead atoms. The lowest BCUT2D eigenvalue weighted by molar-refractivity contribution is -0.128. The van der Waals surface area contributed by atoms with Gasteiger partial charge >= 0.3 is 0 Å². The lowest BCUT2D eigenvalue weighted by atomic mass is 9.87. The minimum atomic E-state index is -3.17. The van der Waals surface area contributed by atoms with Crippen molar-refractivity contribution in [3.63, 3.8) is 0 Å². The van der Waals surface area contributed by atoms with Gasteiger partial charge in [0.25, 0.3) is 0 Å². The number of carbonyl (C=O) groups excluding carboxylic acids is 1. The van der Waals surface area contributed by atoms with Crippen molar-refractivity contribution in [3.8, 4) is 0 Å². The third-order valence-corrected chi connectivity index (χ3v) is 7.04. The molecule has 1 saturated heterocycles. The maximum absolute atomic E-state index is 12.5. The maximum Gasteiger partial charge on any atom is 0.223 e. The summed E-state index contributed by atoms with van der Waals surface area (Å²) >= 11 is 0. The molecule has 1 atom stereocenters. The number of carbonyl (C=O) groups is 1. The predicted molar refractivity (Wildman–Crippen MR) is 93.4 cm³/mol. The monoisotopic (exact) mass is 347 g/mol. The summed E-state index contributed by atoms with van der Waals surface area (Å²) in [6, 6.07) is 0. The quantitative estimate of drug-likeness (QED) is 0.692. The van der Waals surface area contributed by atoms with E-state index in [0.29, 0.717) is 38.9 Å². The van der Waals surface area contributed by atoms with E-state index in [1.165, 1.54) is 4.31 Å². The molecule has 0 saturated carbocycles. The molecule has 1 aliphatic heterocycles. The molecule has 6 nitrogen and oxygen atoms in total. The van der Waals surface area contributed by atoms with Gasteiger partial charge in [0.05, 0.1) is 11.3 Å². The Bertz CT molecular complexity index is 485. The number of amides is 1. The molecule has 0 aliphatic carbocycles. The summed E-state index contributed by atoms with van der Waals surface area (Å²) in [4.78, 5) is 12.5. The second kappa shape index (κ2) is 8.44. The Balaban J connectivity index is 2.57. The molecule has 1 unspecified atom stereocenters. The van der Waals surface area contributed by atoms with Crippen LogP contribution in [0.15, 0.2) is 0 Å². The molecule has 1 aliphatic rings. The Morgan fingerprint density at radius 3 is 2.35 bits per heavy atom. The van der Waals surface area contributed by atoms with Gasteiger partial charge in [-0.05, 0) is 32.1 Å². The van der Waals surface area contributed by atoms with Crippen molar-refractivity contribution < 1.29 is 13.2 Å². The highest BCUT2D eigenvalue weighted by molar-refractivity contribution is 7.89. The fraction of sp³-hybridized carbons (Fsp3) is 0.938. The second-order valence-electron chi connectivity index (χ2n) is 7.11. The topological polar surface area (TPSA) is 92.5 Å². The van der Waals surface area contributed by atoms with Gasteiger partial charge in [0.15, 0.2) is 0 Å². The highest BCUT2D eigenvalue weighted by Crippen LogP contribution is 2.23. The number of unbranched alkanes of at least 4 members (excludes halogenated alkanes) is 1. The molecule has 1 fully saturated rings. The molecule has 23 heavy (non-hydrogen) atoms. The van der Waals surface area contributed by atoms with E-state index < -0.39 is 15.6 Å².